The molecular weight excluding hydrogens is 340 g/mol. The summed E-state index contributed by atoms with van der Waals surface area (Å²) in [6, 6.07) is 17.2. The number of hydrogen-bond acceptors (Lipinski definition) is 4. The molecule has 1 aliphatic heterocycles. The van der Waals surface area contributed by atoms with Gasteiger partial charge in [-0.15, -0.1) is 0 Å². The predicted octanol–water partition coefficient (Wildman–Crippen LogP) is 3.60. The van der Waals surface area contributed by atoms with E-state index >= 15 is 0 Å². The van der Waals surface area contributed by atoms with Gasteiger partial charge in [0, 0.05) is 11.0 Å². The van der Waals surface area contributed by atoms with Crippen LogP contribution in [-0.4, -0.2) is 22.3 Å². The van der Waals surface area contributed by atoms with E-state index < -0.39 is 0 Å². The van der Waals surface area contributed by atoms with Gasteiger partial charge in [-0.2, -0.15) is 0 Å². The molecule has 1 N–H and O–H groups in total. The summed E-state index contributed by atoms with van der Waals surface area (Å²) in [5.74, 6) is 0.697. The van der Waals surface area contributed by atoms with Crippen LogP contribution < -0.4 is 10.2 Å². The van der Waals surface area contributed by atoms with Crippen molar-refractivity contribution in [2.75, 3.05) is 7.11 Å². The van der Waals surface area contributed by atoms with E-state index in [1.165, 1.54) is 16.8 Å². The van der Waals surface area contributed by atoms with E-state index in [-0.39, 0.29) is 12.3 Å². The topological polar surface area (TPSA) is 41.6 Å². The Labute approximate surface area is 150 Å². The van der Waals surface area contributed by atoms with Crippen LogP contribution in [0.4, 0.5) is 0 Å². The summed E-state index contributed by atoms with van der Waals surface area (Å²) in [6.07, 6.45) is 0.272. The van der Waals surface area contributed by atoms with Crippen LogP contribution in [0.5, 0.6) is 5.75 Å². The highest BCUT2D eigenvalue weighted by Gasteiger charge is 2.24. The lowest BCUT2D eigenvalue weighted by Gasteiger charge is -2.30. The SMILES string of the molecule is COc1ccc(CC(=O)N2NC(=S)SC=C2c2ccccc2)cc1. The minimum atomic E-state index is -0.0714. The maximum absolute atomic E-state index is 12.8. The van der Waals surface area contributed by atoms with Crippen LogP contribution in [0.25, 0.3) is 5.70 Å². The van der Waals surface area contributed by atoms with Crippen LogP contribution in [-0.2, 0) is 11.2 Å². The van der Waals surface area contributed by atoms with Crippen molar-refractivity contribution < 1.29 is 9.53 Å². The summed E-state index contributed by atoms with van der Waals surface area (Å²) in [4.78, 5) is 12.8. The molecule has 24 heavy (non-hydrogen) atoms. The van der Waals surface area contributed by atoms with Crippen LogP contribution >= 0.6 is 24.0 Å². The first-order valence-corrected chi connectivity index (χ1v) is 8.65. The molecule has 0 bridgehead atoms. The van der Waals surface area contributed by atoms with E-state index in [1.54, 1.807) is 7.11 Å². The number of ether oxygens (including phenoxy) is 1. The fraction of sp³-hybridized carbons (Fsp3) is 0.111. The highest BCUT2D eigenvalue weighted by Crippen LogP contribution is 2.27. The van der Waals surface area contributed by atoms with E-state index in [4.69, 9.17) is 17.0 Å². The van der Waals surface area contributed by atoms with Gasteiger partial charge in [-0.1, -0.05) is 66.4 Å². The van der Waals surface area contributed by atoms with Gasteiger partial charge in [-0.25, -0.2) is 5.01 Å². The van der Waals surface area contributed by atoms with Crippen molar-refractivity contribution in [1.82, 2.24) is 10.4 Å². The van der Waals surface area contributed by atoms with Crippen molar-refractivity contribution in [3.8, 4) is 5.75 Å². The van der Waals surface area contributed by atoms with Gasteiger partial charge >= 0.3 is 0 Å². The Kier molecular flexibility index (Phi) is 5.17. The highest BCUT2D eigenvalue weighted by atomic mass is 32.2. The number of thioether (sulfide) groups is 1. The normalized spacial score (nSPS) is 14.0. The predicted molar refractivity (Wildman–Crippen MR) is 101 cm³/mol. The second-order valence-electron chi connectivity index (χ2n) is 5.14. The molecule has 0 unspecified atom stereocenters. The second-order valence-corrected chi connectivity index (χ2v) is 6.69. The molecule has 2 aromatic rings. The third kappa shape index (κ3) is 3.77. The number of carbonyl (C=O) groups excluding carboxylic acids is 1. The lowest BCUT2D eigenvalue weighted by molar-refractivity contribution is -0.128. The number of amides is 1. The molecule has 1 aliphatic rings. The minimum absolute atomic E-state index is 0.0714. The molecule has 0 radical (unpaired) electrons. The molecule has 3 rings (SSSR count). The Balaban J connectivity index is 1.81. The summed E-state index contributed by atoms with van der Waals surface area (Å²) >= 11 is 6.60. The molecule has 0 saturated carbocycles. The third-order valence-corrected chi connectivity index (χ3v) is 4.58. The molecule has 0 fully saturated rings. The lowest BCUT2D eigenvalue weighted by atomic mass is 10.1. The molecule has 6 heteroatoms. The van der Waals surface area contributed by atoms with Gasteiger partial charge in [0.25, 0.3) is 0 Å². The fourth-order valence-corrected chi connectivity index (χ4v) is 3.18. The van der Waals surface area contributed by atoms with Crippen molar-refractivity contribution in [2.45, 2.75) is 6.42 Å². The van der Waals surface area contributed by atoms with E-state index in [0.29, 0.717) is 4.32 Å². The maximum atomic E-state index is 12.8. The van der Waals surface area contributed by atoms with Gasteiger partial charge < -0.3 is 4.74 Å². The largest absolute Gasteiger partial charge is 0.497 e. The lowest BCUT2D eigenvalue weighted by Crippen LogP contribution is -2.45. The number of hydrazine groups is 1. The number of carbonyl (C=O) groups is 1. The Bertz CT molecular complexity index is 773. The van der Waals surface area contributed by atoms with Crippen molar-refractivity contribution in [1.29, 1.82) is 0 Å². The summed E-state index contributed by atoms with van der Waals surface area (Å²) in [5.41, 5.74) is 5.67. The quantitative estimate of drug-likeness (QED) is 0.848. The number of rotatable bonds is 4. The van der Waals surface area contributed by atoms with Crippen LogP contribution in [0.1, 0.15) is 11.1 Å². The molecule has 122 valence electrons. The zero-order valence-corrected chi connectivity index (χ0v) is 14.7. The van der Waals surface area contributed by atoms with Crippen LogP contribution in [0, 0.1) is 0 Å². The van der Waals surface area contributed by atoms with Crippen molar-refractivity contribution in [2.24, 2.45) is 0 Å². The van der Waals surface area contributed by atoms with Gasteiger partial charge in [0.05, 0.1) is 19.2 Å². The Morgan fingerprint density at radius 3 is 2.54 bits per heavy atom. The second kappa shape index (κ2) is 7.51. The molecule has 1 amide bonds. The first-order chi connectivity index (χ1) is 11.7. The van der Waals surface area contributed by atoms with Crippen molar-refractivity contribution in [3.63, 3.8) is 0 Å². The molecular formula is C18H16N2O2S2. The molecule has 0 atom stereocenters. The summed E-state index contributed by atoms with van der Waals surface area (Å²) in [5, 5.41) is 3.43. The number of nitrogens with zero attached hydrogens (tertiary/aromatic N) is 1. The van der Waals surface area contributed by atoms with Crippen LogP contribution in [0.3, 0.4) is 0 Å². The molecule has 0 spiro atoms. The van der Waals surface area contributed by atoms with Gasteiger partial charge in [-0.05, 0) is 17.7 Å². The standard InChI is InChI=1S/C18H16N2O2S2/c1-22-15-9-7-13(8-10-15)11-17(21)20-16(12-24-18(23)19-20)14-5-3-2-4-6-14/h2-10,12H,11H2,1H3,(H,19,23). The van der Waals surface area contributed by atoms with Crippen LogP contribution in [0.2, 0.25) is 0 Å². The number of hydrogen-bond donors (Lipinski definition) is 1. The van der Waals surface area contributed by atoms with E-state index in [9.17, 15) is 4.79 Å². The number of methoxy groups -OCH3 is 1. The average Bonchev–Trinajstić information content (AvgIpc) is 2.63. The van der Waals surface area contributed by atoms with Gasteiger partial charge in [-0.3, -0.25) is 10.2 Å². The number of benzene rings is 2. The van der Waals surface area contributed by atoms with Gasteiger partial charge in [0.1, 0.15) is 5.75 Å². The Morgan fingerprint density at radius 2 is 1.88 bits per heavy atom. The van der Waals surface area contributed by atoms with Gasteiger partial charge in [0.15, 0.2) is 4.32 Å². The minimum Gasteiger partial charge on any atom is -0.497 e. The fourth-order valence-electron chi connectivity index (χ4n) is 2.34. The summed E-state index contributed by atoms with van der Waals surface area (Å²) in [6.45, 7) is 0. The van der Waals surface area contributed by atoms with Gasteiger partial charge in [0.2, 0.25) is 5.91 Å². The first-order valence-electron chi connectivity index (χ1n) is 7.36. The smallest absolute Gasteiger partial charge is 0.250 e. The van der Waals surface area contributed by atoms with Crippen LogP contribution in [0.15, 0.2) is 60.0 Å². The van der Waals surface area contributed by atoms with E-state index in [0.717, 1.165) is 22.6 Å². The monoisotopic (exact) mass is 356 g/mol. The molecule has 0 aromatic heterocycles. The molecule has 4 nitrogen and oxygen atoms in total. The zero-order chi connectivity index (χ0) is 16.9. The third-order valence-electron chi connectivity index (χ3n) is 3.55. The Morgan fingerprint density at radius 1 is 1.17 bits per heavy atom. The first kappa shape index (κ1) is 16.5. The van der Waals surface area contributed by atoms with Crippen molar-refractivity contribution in [3.05, 3.63) is 71.1 Å². The summed E-state index contributed by atoms with van der Waals surface area (Å²) < 4.78 is 5.70. The van der Waals surface area contributed by atoms with Crippen molar-refractivity contribution >= 4 is 39.9 Å². The number of thiocarbonyl (C=S) groups is 1. The molecule has 1 heterocycles. The average molecular weight is 356 g/mol. The zero-order valence-electron chi connectivity index (χ0n) is 13.1. The molecule has 0 aliphatic carbocycles. The number of nitrogens with one attached hydrogen (secondary N) is 1. The molecule has 2 aromatic carbocycles. The summed E-state index contributed by atoms with van der Waals surface area (Å²) in [7, 11) is 1.62. The highest BCUT2D eigenvalue weighted by molar-refractivity contribution is 8.25. The Hall–Kier alpha value is -2.31. The molecule has 0 saturated heterocycles. The van der Waals surface area contributed by atoms with E-state index in [2.05, 4.69) is 5.43 Å². The maximum Gasteiger partial charge on any atom is 0.250 e. The van der Waals surface area contributed by atoms with E-state index in [1.807, 2.05) is 60.0 Å².